The third-order valence-electron chi connectivity index (χ3n) is 11.0. The summed E-state index contributed by atoms with van der Waals surface area (Å²) in [7, 11) is 0. The van der Waals surface area contributed by atoms with Gasteiger partial charge >= 0.3 is 0 Å². The minimum Gasteiger partial charge on any atom is -0.510 e. The van der Waals surface area contributed by atoms with Crippen LogP contribution in [0.1, 0.15) is 48.6 Å². The van der Waals surface area contributed by atoms with Gasteiger partial charge < -0.3 is 13.9 Å². The van der Waals surface area contributed by atoms with Gasteiger partial charge in [-0.2, -0.15) is 18.2 Å². The average Bonchev–Trinajstić information content (AvgIpc) is 3.75. The van der Waals surface area contributed by atoms with Crippen molar-refractivity contribution in [1.82, 2.24) is 14.1 Å². The summed E-state index contributed by atoms with van der Waals surface area (Å²) in [4.78, 5) is 4.83. The molecule has 0 fully saturated rings. The van der Waals surface area contributed by atoms with Gasteiger partial charge in [0.25, 0.3) is 6.33 Å². The van der Waals surface area contributed by atoms with Gasteiger partial charge in [0.05, 0.1) is 16.7 Å². The zero-order chi connectivity index (χ0) is 37.1. The van der Waals surface area contributed by atoms with Gasteiger partial charge in [0.15, 0.2) is 0 Å². The van der Waals surface area contributed by atoms with Crippen molar-refractivity contribution in [3.8, 4) is 28.7 Å². The minimum absolute atomic E-state index is 0. The van der Waals surface area contributed by atoms with Gasteiger partial charge in [0, 0.05) is 44.3 Å². The van der Waals surface area contributed by atoms with Crippen molar-refractivity contribution in [3.63, 3.8) is 0 Å². The molecule has 0 radical (unpaired) electrons. The van der Waals surface area contributed by atoms with E-state index in [2.05, 4.69) is 168 Å². The van der Waals surface area contributed by atoms with E-state index >= 15 is 0 Å². The van der Waals surface area contributed by atoms with Gasteiger partial charge in [-0.15, -0.1) is 29.7 Å². The number of fused-ring (bicyclic) bond motifs is 4. The SMILES string of the molecule is CC(C)(C)c1ccnc(-n2c3[c-]c(Oc4[c-]c(-n5[c-][n+](-c6cc7ccc6CCc6ccc(cc6)CC7)c6ccccc65)ccc4)ccc3c3ccccc32)c1.[Pt]. The minimum atomic E-state index is -0.0109. The number of aromatic nitrogens is 4. The standard InChI is InChI=1S/C50H40N4O.Pt/c1-50(2,3)38-27-28-51-49(30-38)54-44-12-5-4-11-42(44)43-26-25-41(32-48(43)54)55-40-10-8-9-39(31-40)52-33-53(46-14-7-6-13-45(46)52)47-29-36-20-19-34-15-17-35(18-16-34)21-23-37(47)24-22-36;/h4-18,22,24-30H,19-21,23H2,1-3H3;/q-2;. The Morgan fingerprint density at radius 1 is 0.643 bits per heavy atom. The van der Waals surface area contributed by atoms with Crippen LogP contribution in [-0.2, 0) is 52.2 Å². The molecule has 0 saturated heterocycles. The third-order valence-corrected chi connectivity index (χ3v) is 11.0. The second-order valence-electron chi connectivity index (χ2n) is 15.6. The van der Waals surface area contributed by atoms with Crippen LogP contribution in [0.4, 0.5) is 0 Å². The average molecular weight is 908 g/mol. The molecule has 0 atom stereocenters. The summed E-state index contributed by atoms with van der Waals surface area (Å²) in [6.07, 6.45) is 9.57. The van der Waals surface area contributed by atoms with Crippen LogP contribution in [0.15, 0.2) is 140 Å². The number of hydrogen-bond donors (Lipinski definition) is 0. The number of benzene rings is 6. The van der Waals surface area contributed by atoms with Crippen LogP contribution in [0.5, 0.6) is 11.5 Å². The molecule has 0 amide bonds. The van der Waals surface area contributed by atoms with Crippen molar-refractivity contribution in [2.45, 2.75) is 51.9 Å². The smallest absolute Gasteiger partial charge is 0.268 e. The monoisotopic (exact) mass is 907 g/mol. The molecule has 3 heterocycles. The van der Waals surface area contributed by atoms with Crippen LogP contribution >= 0.6 is 0 Å². The first-order valence-corrected chi connectivity index (χ1v) is 19.1. The van der Waals surface area contributed by atoms with Crippen LogP contribution in [0, 0.1) is 18.5 Å². The quantitative estimate of drug-likeness (QED) is 0.127. The molecule has 6 heteroatoms. The van der Waals surface area contributed by atoms with E-state index in [0.29, 0.717) is 11.5 Å². The van der Waals surface area contributed by atoms with Crippen molar-refractivity contribution in [1.29, 1.82) is 0 Å². The molecule has 5 nitrogen and oxygen atoms in total. The zero-order valence-electron chi connectivity index (χ0n) is 31.6. The van der Waals surface area contributed by atoms with E-state index in [0.717, 1.165) is 70.0 Å². The van der Waals surface area contributed by atoms with E-state index in [9.17, 15) is 0 Å². The van der Waals surface area contributed by atoms with E-state index in [1.807, 2.05) is 24.4 Å². The molecule has 0 unspecified atom stereocenters. The Morgan fingerprint density at radius 2 is 1.36 bits per heavy atom. The van der Waals surface area contributed by atoms with Crippen LogP contribution in [0.3, 0.4) is 0 Å². The summed E-state index contributed by atoms with van der Waals surface area (Å²) >= 11 is 0. The summed E-state index contributed by atoms with van der Waals surface area (Å²) in [6, 6.07) is 54.7. The number of imidazole rings is 1. The maximum atomic E-state index is 6.57. The van der Waals surface area contributed by atoms with E-state index in [1.165, 1.54) is 33.5 Å². The maximum Gasteiger partial charge on any atom is 0.268 e. The van der Waals surface area contributed by atoms with Crippen molar-refractivity contribution in [3.05, 3.63) is 186 Å². The van der Waals surface area contributed by atoms with Crippen LogP contribution in [0.25, 0.3) is 50.0 Å². The molecule has 0 spiro atoms. The zero-order valence-corrected chi connectivity index (χ0v) is 33.9. The Hall–Kier alpha value is -5.77. The molecule has 4 bridgehead atoms. The van der Waals surface area contributed by atoms with Crippen LogP contribution < -0.4 is 9.30 Å². The Bertz CT molecular complexity index is 2900. The summed E-state index contributed by atoms with van der Waals surface area (Å²) in [5.41, 5.74) is 12.8. The number of nitrogens with zero attached hydrogens (tertiary/aromatic N) is 4. The van der Waals surface area contributed by atoms with Crippen LogP contribution in [0.2, 0.25) is 0 Å². The molecule has 6 aromatic carbocycles. The van der Waals surface area contributed by atoms with E-state index in [4.69, 9.17) is 9.72 Å². The van der Waals surface area contributed by atoms with Crippen LogP contribution in [-0.4, -0.2) is 14.1 Å². The van der Waals surface area contributed by atoms with Gasteiger partial charge in [0.1, 0.15) is 5.82 Å². The summed E-state index contributed by atoms with van der Waals surface area (Å²) < 4.78 is 13.1. The van der Waals surface area contributed by atoms with Crippen molar-refractivity contribution in [2.24, 2.45) is 0 Å². The van der Waals surface area contributed by atoms with Gasteiger partial charge in [-0.1, -0.05) is 111 Å². The Balaban J connectivity index is 0.00000410. The molecule has 0 aliphatic heterocycles. The Labute approximate surface area is 342 Å². The number of rotatable bonds is 5. The number of aryl methyl sites for hydroxylation is 4. The van der Waals surface area contributed by atoms with E-state index < -0.39 is 0 Å². The first-order valence-electron chi connectivity index (χ1n) is 19.1. The predicted octanol–water partition coefficient (Wildman–Crippen LogP) is 10.8. The first kappa shape index (κ1) is 35.9. The van der Waals surface area contributed by atoms with Gasteiger partial charge in [0.2, 0.25) is 0 Å². The molecule has 13 rings (SSSR count). The fourth-order valence-electron chi connectivity index (χ4n) is 7.97. The fraction of sp³-hybridized carbons (Fsp3) is 0.160. The largest absolute Gasteiger partial charge is 0.510 e. The summed E-state index contributed by atoms with van der Waals surface area (Å²) in [5, 5.41) is 2.25. The number of hydrogen-bond acceptors (Lipinski definition) is 2. The molecule has 9 aromatic rings. The van der Waals surface area contributed by atoms with Gasteiger partial charge in [-0.05, 0) is 88.7 Å². The molecular formula is C50H40N4OPt-2. The number of ether oxygens (including phenoxy) is 1. The van der Waals surface area contributed by atoms with Gasteiger partial charge in [-0.25, -0.2) is 4.98 Å². The summed E-state index contributed by atoms with van der Waals surface area (Å²) in [5.74, 6) is 2.07. The first-order chi connectivity index (χ1) is 26.9. The number of pyridine rings is 1. The molecule has 4 aliphatic carbocycles. The number of para-hydroxylation sites is 3. The topological polar surface area (TPSA) is 35.9 Å². The van der Waals surface area contributed by atoms with Crippen molar-refractivity contribution >= 4 is 32.8 Å². The third kappa shape index (κ3) is 6.54. The molecular weight excluding hydrogens is 868 g/mol. The second kappa shape index (κ2) is 14.4. The van der Waals surface area contributed by atoms with Crippen molar-refractivity contribution in [2.75, 3.05) is 0 Å². The molecule has 56 heavy (non-hydrogen) atoms. The van der Waals surface area contributed by atoms with E-state index in [-0.39, 0.29) is 26.5 Å². The van der Waals surface area contributed by atoms with Gasteiger partial charge in [-0.3, -0.25) is 4.57 Å². The predicted molar refractivity (Wildman–Crippen MR) is 220 cm³/mol. The summed E-state index contributed by atoms with van der Waals surface area (Å²) in [6.45, 7) is 6.68. The fourth-order valence-corrected chi connectivity index (χ4v) is 7.97. The molecule has 3 aromatic heterocycles. The Morgan fingerprint density at radius 3 is 2.18 bits per heavy atom. The molecule has 0 N–H and O–H groups in total. The van der Waals surface area contributed by atoms with E-state index in [1.54, 1.807) is 0 Å². The second-order valence-corrected chi connectivity index (χ2v) is 15.6. The Kier molecular flexibility index (Phi) is 9.22. The molecule has 0 saturated carbocycles. The van der Waals surface area contributed by atoms with Crippen molar-refractivity contribution < 1.29 is 30.4 Å². The molecule has 278 valence electrons. The normalized spacial score (nSPS) is 12.8. The maximum absolute atomic E-state index is 6.57. The molecule has 4 aliphatic rings.